The van der Waals surface area contributed by atoms with E-state index in [1.165, 1.54) is 11.6 Å². The fourth-order valence-corrected chi connectivity index (χ4v) is 3.75. The lowest BCUT2D eigenvalue weighted by molar-refractivity contribution is -0.384. The average molecular weight is 385 g/mol. The summed E-state index contributed by atoms with van der Waals surface area (Å²) < 4.78 is 0. The molecule has 27 heavy (non-hydrogen) atoms. The highest BCUT2D eigenvalue weighted by Crippen LogP contribution is 2.17. The van der Waals surface area contributed by atoms with E-state index >= 15 is 0 Å². The van der Waals surface area contributed by atoms with Crippen LogP contribution in [0.5, 0.6) is 0 Å². The van der Waals surface area contributed by atoms with Crippen LogP contribution in [0, 0.1) is 10.1 Å². The zero-order valence-electron chi connectivity index (χ0n) is 15.3. The number of nitrogens with zero attached hydrogens (tertiary/aromatic N) is 3. The van der Waals surface area contributed by atoms with Gasteiger partial charge in [0.15, 0.2) is 0 Å². The van der Waals surface area contributed by atoms with Gasteiger partial charge in [-0.2, -0.15) is 11.8 Å². The van der Waals surface area contributed by atoms with Gasteiger partial charge in [-0.05, 0) is 29.5 Å². The molecule has 1 aliphatic heterocycles. The van der Waals surface area contributed by atoms with Gasteiger partial charge in [-0.25, -0.2) is 0 Å². The van der Waals surface area contributed by atoms with E-state index in [1.54, 1.807) is 23.9 Å². The van der Waals surface area contributed by atoms with Gasteiger partial charge in [0, 0.05) is 56.2 Å². The monoisotopic (exact) mass is 385 g/mol. The summed E-state index contributed by atoms with van der Waals surface area (Å²) in [4.78, 5) is 27.3. The predicted molar refractivity (Wildman–Crippen MR) is 108 cm³/mol. The van der Waals surface area contributed by atoms with Gasteiger partial charge >= 0.3 is 0 Å². The maximum absolute atomic E-state index is 12.7. The van der Waals surface area contributed by atoms with Crippen LogP contribution in [0.25, 0.3) is 0 Å². The summed E-state index contributed by atoms with van der Waals surface area (Å²) in [6, 6.07) is 14.6. The molecule has 0 N–H and O–H groups in total. The molecule has 1 saturated heterocycles. The van der Waals surface area contributed by atoms with Crippen molar-refractivity contribution in [3.05, 3.63) is 75.3 Å². The average Bonchev–Trinajstić information content (AvgIpc) is 2.69. The molecule has 142 valence electrons. The minimum atomic E-state index is -0.370. The number of rotatable bonds is 6. The summed E-state index contributed by atoms with van der Waals surface area (Å²) in [5.41, 5.74) is 2.99. The Balaban J connectivity index is 1.54. The standard InChI is InChI=1S/C20H23N3O3S/c1-27-15-16-5-7-18(8-6-16)20(24)22-11-9-21(10-12-22)14-17-3-2-4-19(13-17)23(25)26/h2-8,13H,9-12,14-15H2,1H3. The zero-order valence-corrected chi connectivity index (χ0v) is 16.2. The number of non-ortho nitro benzene ring substituents is 1. The number of hydrogen-bond donors (Lipinski definition) is 0. The zero-order chi connectivity index (χ0) is 19.2. The number of nitro groups is 1. The molecule has 1 heterocycles. The maximum atomic E-state index is 12.7. The van der Waals surface area contributed by atoms with Gasteiger partial charge in [0.25, 0.3) is 11.6 Å². The van der Waals surface area contributed by atoms with E-state index in [4.69, 9.17) is 0 Å². The van der Waals surface area contributed by atoms with Crippen LogP contribution in [0.1, 0.15) is 21.5 Å². The molecule has 0 atom stereocenters. The first kappa shape index (κ1) is 19.4. The molecule has 0 unspecified atom stereocenters. The van der Waals surface area contributed by atoms with Crippen LogP contribution in [0.4, 0.5) is 5.69 Å². The third-order valence-electron chi connectivity index (χ3n) is 4.70. The van der Waals surface area contributed by atoms with Crippen LogP contribution in [0.2, 0.25) is 0 Å². The predicted octanol–water partition coefficient (Wildman–Crippen LogP) is 3.42. The van der Waals surface area contributed by atoms with Gasteiger partial charge in [0.05, 0.1) is 4.92 Å². The Morgan fingerprint density at radius 3 is 2.41 bits per heavy atom. The summed E-state index contributed by atoms with van der Waals surface area (Å²) in [7, 11) is 0. The Labute approximate surface area is 163 Å². The molecule has 0 saturated carbocycles. The number of thioether (sulfide) groups is 1. The van der Waals surface area contributed by atoms with Crippen molar-refractivity contribution in [2.24, 2.45) is 0 Å². The molecule has 0 radical (unpaired) electrons. The van der Waals surface area contributed by atoms with Gasteiger partial charge in [-0.15, -0.1) is 0 Å². The second kappa shape index (κ2) is 9.01. The largest absolute Gasteiger partial charge is 0.336 e. The summed E-state index contributed by atoms with van der Waals surface area (Å²) in [6.45, 7) is 3.52. The SMILES string of the molecule is CSCc1ccc(C(=O)N2CCN(Cc3cccc([N+](=O)[O-])c3)CC2)cc1. The minimum absolute atomic E-state index is 0.0701. The number of amides is 1. The van der Waals surface area contributed by atoms with E-state index in [9.17, 15) is 14.9 Å². The smallest absolute Gasteiger partial charge is 0.269 e. The van der Waals surface area contributed by atoms with Crippen LogP contribution in [-0.2, 0) is 12.3 Å². The minimum Gasteiger partial charge on any atom is -0.336 e. The number of nitro benzene ring substituents is 1. The molecule has 7 heteroatoms. The molecule has 3 rings (SSSR count). The third kappa shape index (κ3) is 5.08. The summed E-state index contributed by atoms with van der Waals surface area (Å²) >= 11 is 1.76. The first-order chi connectivity index (χ1) is 13.1. The Kier molecular flexibility index (Phi) is 6.47. The highest BCUT2D eigenvalue weighted by Gasteiger charge is 2.22. The first-order valence-corrected chi connectivity index (χ1v) is 10.3. The van der Waals surface area contributed by atoms with E-state index in [-0.39, 0.29) is 16.5 Å². The second-order valence-electron chi connectivity index (χ2n) is 6.63. The summed E-state index contributed by atoms with van der Waals surface area (Å²) in [5, 5.41) is 10.9. The number of piperazine rings is 1. The molecule has 0 bridgehead atoms. The summed E-state index contributed by atoms with van der Waals surface area (Å²) in [6.07, 6.45) is 2.06. The van der Waals surface area contributed by atoms with Crippen LogP contribution >= 0.6 is 11.8 Å². The van der Waals surface area contributed by atoms with E-state index in [1.807, 2.05) is 35.2 Å². The Hall–Kier alpha value is -2.38. The van der Waals surface area contributed by atoms with E-state index < -0.39 is 0 Å². The van der Waals surface area contributed by atoms with Crippen molar-refractivity contribution in [3.8, 4) is 0 Å². The van der Waals surface area contributed by atoms with Crippen molar-refractivity contribution in [2.45, 2.75) is 12.3 Å². The van der Waals surface area contributed by atoms with Gasteiger partial charge in [0.1, 0.15) is 0 Å². The van der Waals surface area contributed by atoms with E-state index in [0.717, 1.165) is 30.0 Å². The van der Waals surface area contributed by atoms with Crippen molar-refractivity contribution >= 4 is 23.4 Å². The molecule has 0 aromatic heterocycles. The molecule has 1 fully saturated rings. The lowest BCUT2D eigenvalue weighted by Gasteiger charge is -2.34. The number of carbonyl (C=O) groups is 1. The van der Waals surface area contributed by atoms with Gasteiger partial charge in [0.2, 0.25) is 0 Å². The fourth-order valence-electron chi connectivity index (χ4n) is 3.23. The lowest BCUT2D eigenvalue weighted by Crippen LogP contribution is -2.48. The van der Waals surface area contributed by atoms with Crippen molar-refractivity contribution in [1.82, 2.24) is 9.80 Å². The number of benzene rings is 2. The van der Waals surface area contributed by atoms with Gasteiger partial charge in [-0.1, -0.05) is 24.3 Å². The maximum Gasteiger partial charge on any atom is 0.269 e. The van der Waals surface area contributed by atoms with E-state index in [0.29, 0.717) is 19.6 Å². The van der Waals surface area contributed by atoms with Crippen LogP contribution < -0.4 is 0 Å². The molecular weight excluding hydrogens is 362 g/mol. The lowest BCUT2D eigenvalue weighted by atomic mass is 10.1. The Bertz CT molecular complexity index is 802. The normalized spacial score (nSPS) is 14.9. The van der Waals surface area contributed by atoms with Crippen LogP contribution in [0.3, 0.4) is 0 Å². The topological polar surface area (TPSA) is 66.7 Å². The van der Waals surface area contributed by atoms with Crippen LogP contribution in [0.15, 0.2) is 48.5 Å². The van der Waals surface area contributed by atoms with E-state index in [2.05, 4.69) is 11.2 Å². The van der Waals surface area contributed by atoms with Crippen LogP contribution in [-0.4, -0.2) is 53.1 Å². The molecule has 6 nitrogen and oxygen atoms in total. The van der Waals surface area contributed by atoms with Crippen molar-refractivity contribution in [2.75, 3.05) is 32.4 Å². The number of hydrogen-bond acceptors (Lipinski definition) is 5. The molecule has 0 aliphatic carbocycles. The summed E-state index contributed by atoms with van der Waals surface area (Å²) in [5.74, 6) is 1.02. The molecule has 1 amide bonds. The highest BCUT2D eigenvalue weighted by atomic mass is 32.2. The Morgan fingerprint density at radius 2 is 1.78 bits per heavy atom. The van der Waals surface area contributed by atoms with Crippen molar-refractivity contribution in [3.63, 3.8) is 0 Å². The molecule has 2 aromatic carbocycles. The quantitative estimate of drug-likeness (QED) is 0.563. The fraction of sp³-hybridized carbons (Fsp3) is 0.350. The Morgan fingerprint density at radius 1 is 1.07 bits per heavy atom. The molecule has 2 aromatic rings. The van der Waals surface area contributed by atoms with Crippen molar-refractivity contribution < 1.29 is 9.72 Å². The second-order valence-corrected chi connectivity index (χ2v) is 7.49. The number of carbonyl (C=O) groups excluding carboxylic acids is 1. The van der Waals surface area contributed by atoms with Gasteiger partial charge < -0.3 is 4.90 Å². The first-order valence-electron chi connectivity index (χ1n) is 8.89. The third-order valence-corrected chi connectivity index (χ3v) is 5.32. The van der Waals surface area contributed by atoms with Crippen molar-refractivity contribution in [1.29, 1.82) is 0 Å². The molecule has 1 aliphatic rings. The molecule has 0 spiro atoms. The molecular formula is C20H23N3O3S. The highest BCUT2D eigenvalue weighted by molar-refractivity contribution is 7.97. The van der Waals surface area contributed by atoms with Gasteiger partial charge in [-0.3, -0.25) is 19.8 Å².